The highest BCUT2D eigenvalue weighted by molar-refractivity contribution is 7.89. The summed E-state index contributed by atoms with van der Waals surface area (Å²) < 4.78 is 25.7. The van der Waals surface area contributed by atoms with E-state index in [0.717, 1.165) is 16.4 Å². The molecule has 7 heteroatoms. The van der Waals surface area contributed by atoms with Crippen molar-refractivity contribution in [2.45, 2.75) is 18.4 Å². The molecule has 0 aliphatic heterocycles. The van der Waals surface area contributed by atoms with E-state index < -0.39 is 10.0 Å². The molecular formula is C13H22N2O4S. The number of aliphatic hydroxyl groups excluding tert-OH is 2. The third-order valence-electron chi connectivity index (χ3n) is 2.84. The van der Waals surface area contributed by atoms with Gasteiger partial charge in [0.1, 0.15) is 0 Å². The number of hydrogen-bond acceptors (Lipinski definition) is 5. The van der Waals surface area contributed by atoms with Gasteiger partial charge in [-0.1, -0.05) is 19.1 Å². The normalized spacial score (nSPS) is 12.0. The average molecular weight is 302 g/mol. The fourth-order valence-corrected chi connectivity index (χ4v) is 3.20. The van der Waals surface area contributed by atoms with E-state index in [1.54, 1.807) is 24.3 Å². The van der Waals surface area contributed by atoms with Gasteiger partial charge < -0.3 is 15.5 Å². The predicted octanol–water partition coefficient (Wildman–Crippen LogP) is -0.229. The quantitative estimate of drug-likeness (QED) is 0.586. The van der Waals surface area contributed by atoms with E-state index in [9.17, 15) is 8.42 Å². The summed E-state index contributed by atoms with van der Waals surface area (Å²) in [6.07, 6.45) is 0. The Morgan fingerprint density at radius 3 is 2.10 bits per heavy atom. The highest BCUT2D eigenvalue weighted by Crippen LogP contribution is 2.16. The van der Waals surface area contributed by atoms with Gasteiger partial charge in [-0.25, -0.2) is 8.42 Å². The second-order valence-electron chi connectivity index (χ2n) is 4.28. The summed E-state index contributed by atoms with van der Waals surface area (Å²) in [5, 5.41) is 21.0. The van der Waals surface area contributed by atoms with Crippen LogP contribution >= 0.6 is 0 Å². The van der Waals surface area contributed by atoms with E-state index in [-0.39, 0.29) is 31.2 Å². The minimum atomic E-state index is -3.67. The Bertz CT molecular complexity index is 482. The summed E-state index contributed by atoms with van der Waals surface area (Å²) in [7, 11) is -3.67. The molecule has 0 atom stereocenters. The summed E-state index contributed by atoms with van der Waals surface area (Å²) in [5.74, 6) is 0. The molecule has 0 fully saturated rings. The number of aliphatic hydroxyl groups is 2. The van der Waals surface area contributed by atoms with Gasteiger partial charge in [-0.15, -0.1) is 0 Å². The van der Waals surface area contributed by atoms with Crippen LogP contribution in [0.15, 0.2) is 29.2 Å². The summed E-state index contributed by atoms with van der Waals surface area (Å²) in [6, 6.07) is 6.60. The Balaban J connectivity index is 2.90. The molecule has 0 aliphatic rings. The van der Waals surface area contributed by atoms with E-state index in [0.29, 0.717) is 6.54 Å². The Morgan fingerprint density at radius 2 is 1.65 bits per heavy atom. The molecule has 6 nitrogen and oxygen atoms in total. The second kappa shape index (κ2) is 8.33. The number of rotatable bonds is 9. The van der Waals surface area contributed by atoms with Crippen molar-refractivity contribution < 1.29 is 18.6 Å². The molecule has 3 N–H and O–H groups in total. The third kappa shape index (κ3) is 4.53. The molecule has 0 radical (unpaired) electrons. The topological polar surface area (TPSA) is 89.9 Å². The summed E-state index contributed by atoms with van der Waals surface area (Å²) in [4.78, 5) is 0.166. The molecule has 0 saturated carbocycles. The van der Waals surface area contributed by atoms with Gasteiger partial charge in [0.15, 0.2) is 0 Å². The standard InChI is InChI=1S/C13H22N2O4S/c1-2-14-11-12-3-5-13(6-4-12)20(18,19)15(7-9-16)8-10-17/h3-6,14,16-17H,2,7-11H2,1H3. The smallest absolute Gasteiger partial charge is 0.243 e. The van der Waals surface area contributed by atoms with Crippen LogP contribution in [0.4, 0.5) is 0 Å². The molecule has 1 aromatic carbocycles. The highest BCUT2D eigenvalue weighted by Gasteiger charge is 2.23. The molecule has 114 valence electrons. The third-order valence-corrected chi connectivity index (χ3v) is 4.75. The molecule has 0 spiro atoms. The lowest BCUT2D eigenvalue weighted by Gasteiger charge is -2.20. The number of sulfonamides is 1. The zero-order valence-electron chi connectivity index (χ0n) is 11.6. The van der Waals surface area contributed by atoms with Crippen molar-refractivity contribution in [3.8, 4) is 0 Å². The Labute approximate surface area is 120 Å². The van der Waals surface area contributed by atoms with Crippen LogP contribution in [0, 0.1) is 0 Å². The average Bonchev–Trinajstić information content (AvgIpc) is 2.45. The molecule has 1 rings (SSSR count). The molecule has 0 bridgehead atoms. The fraction of sp³-hybridized carbons (Fsp3) is 0.538. The van der Waals surface area contributed by atoms with Crippen LogP contribution in [0.2, 0.25) is 0 Å². The van der Waals surface area contributed by atoms with E-state index >= 15 is 0 Å². The maximum atomic E-state index is 12.3. The summed E-state index contributed by atoms with van der Waals surface area (Å²) in [5.41, 5.74) is 1.00. The molecule has 1 aromatic rings. The Hall–Kier alpha value is -0.990. The first-order valence-electron chi connectivity index (χ1n) is 6.57. The van der Waals surface area contributed by atoms with Gasteiger partial charge in [-0.3, -0.25) is 0 Å². The Morgan fingerprint density at radius 1 is 1.10 bits per heavy atom. The predicted molar refractivity (Wildman–Crippen MR) is 76.8 cm³/mol. The van der Waals surface area contributed by atoms with Crippen molar-refractivity contribution in [2.75, 3.05) is 32.8 Å². The molecule has 0 aliphatic carbocycles. The van der Waals surface area contributed by atoms with Crippen LogP contribution in [0.25, 0.3) is 0 Å². The zero-order valence-corrected chi connectivity index (χ0v) is 12.4. The zero-order chi connectivity index (χ0) is 15.0. The van der Waals surface area contributed by atoms with Gasteiger partial charge in [0.2, 0.25) is 10.0 Å². The lowest BCUT2D eigenvalue weighted by molar-refractivity contribution is 0.217. The maximum absolute atomic E-state index is 12.3. The number of nitrogens with zero attached hydrogens (tertiary/aromatic N) is 1. The fourth-order valence-electron chi connectivity index (χ4n) is 1.77. The minimum Gasteiger partial charge on any atom is -0.395 e. The van der Waals surface area contributed by atoms with Crippen LogP contribution in [-0.2, 0) is 16.6 Å². The SMILES string of the molecule is CCNCc1ccc(S(=O)(=O)N(CCO)CCO)cc1. The van der Waals surface area contributed by atoms with Crippen molar-refractivity contribution in [3.05, 3.63) is 29.8 Å². The molecule has 0 saturated heterocycles. The van der Waals surface area contributed by atoms with Crippen LogP contribution in [0.3, 0.4) is 0 Å². The molecular weight excluding hydrogens is 280 g/mol. The first kappa shape index (κ1) is 17.1. The summed E-state index contributed by atoms with van der Waals surface area (Å²) >= 11 is 0. The van der Waals surface area contributed by atoms with Gasteiger partial charge in [-0.05, 0) is 24.2 Å². The number of nitrogens with one attached hydrogen (secondary N) is 1. The van der Waals surface area contributed by atoms with E-state index in [2.05, 4.69) is 5.32 Å². The second-order valence-corrected chi connectivity index (χ2v) is 6.21. The van der Waals surface area contributed by atoms with Crippen LogP contribution in [0.5, 0.6) is 0 Å². The van der Waals surface area contributed by atoms with Gasteiger partial charge in [0.05, 0.1) is 18.1 Å². The van der Waals surface area contributed by atoms with Crippen LogP contribution in [0.1, 0.15) is 12.5 Å². The van der Waals surface area contributed by atoms with Crippen molar-refractivity contribution in [2.24, 2.45) is 0 Å². The summed E-state index contributed by atoms with van der Waals surface area (Å²) in [6.45, 7) is 2.93. The van der Waals surface area contributed by atoms with Crippen molar-refractivity contribution in [1.29, 1.82) is 0 Å². The van der Waals surface area contributed by atoms with Gasteiger partial charge >= 0.3 is 0 Å². The van der Waals surface area contributed by atoms with E-state index in [1.807, 2.05) is 6.92 Å². The lowest BCUT2D eigenvalue weighted by atomic mass is 10.2. The minimum absolute atomic E-state index is 0.0258. The van der Waals surface area contributed by atoms with Crippen LogP contribution < -0.4 is 5.32 Å². The molecule has 0 aromatic heterocycles. The van der Waals surface area contributed by atoms with Crippen LogP contribution in [-0.4, -0.2) is 55.8 Å². The van der Waals surface area contributed by atoms with Gasteiger partial charge in [0.25, 0.3) is 0 Å². The first-order chi connectivity index (χ1) is 9.56. The number of hydrogen-bond donors (Lipinski definition) is 3. The highest BCUT2D eigenvalue weighted by atomic mass is 32.2. The molecule has 0 amide bonds. The van der Waals surface area contributed by atoms with Crippen molar-refractivity contribution in [1.82, 2.24) is 9.62 Å². The monoisotopic (exact) mass is 302 g/mol. The van der Waals surface area contributed by atoms with Gasteiger partial charge in [-0.2, -0.15) is 4.31 Å². The molecule has 0 heterocycles. The van der Waals surface area contributed by atoms with Crippen molar-refractivity contribution in [3.63, 3.8) is 0 Å². The first-order valence-corrected chi connectivity index (χ1v) is 8.01. The Kier molecular flexibility index (Phi) is 7.11. The number of benzene rings is 1. The maximum Gasteiger partial charge on any atom is 0.243 e. The van der Waals surface area contributed by atoms with E-state index in [1.165, 1.54) is 0 Å². The largest absolute Gasteiger partial charge is 0.395 e. The molecule has 20 heavy (non-hydrogen) atoms. The molecule has 0 unspecified atom stereocenters. The lowest BCUT2D eigenvalue weighted by Crippen LogP contribution is -2.35. The van der Waals surface area contributed by atoms with Crippen molar-refractivity contribution >= 4 is 10.0 Å². The van der Waals surface area contributed by atoms with Gasteiger partial charge in [0, 0.05) is 19.6 Å². The van der Waals surface area contributed by atoms with E-state index in [4.69, 9.17) is 10.2 Å².